The smallest absolute Gasteiger partial charge is 0.410 e. The molecule has 3 atom stereocenters. The molecule has 0 spiro atoms. The predicted molar refractivity (Wildman–Crippen MR) is 156 cm³/mol. The number of hydrogen-bond donors (Lipinski definition) is 1. The molecule has 2 aliphatic heterocycles. The lowest BCUT2D eigenvalue weighted by atomic mass is 9.86. The Morgan fingerprint density at radius 2 is 1.52 bits per heavy atom. The number of carbonyl (C=O) groups excluding carboxylic acids is 1. The molecule has 1 amide bonds. The van der Waals surface area contributed by atoms with E-state index in [9.17, 15) is 14.7 Å². The second-order valence-electron chi connectivity index (χ2n) is 12.1. The Kier molecular flexibility index (Phi) is 9.52. The van der Waals surface area contributed by atoms with Gasteiger partial charge in [0, 0.05) is 26.2 Å². The van der Waals surface area contributed by atoms with Gasteiger partial charge in [-0.2, -0.15) is 0 Å². The van der Waals surface area contributed by atoms with Crippen molar-refractivity contribution in [1.29, 1.82) is 0 Å². The highest BCUT2D eigenvalue weighted by Crippen LogP contribution is 2.44. The molecule has 0 bridgehead atoms. The summed E-state index contributed by atoms with van der Waals surface area (Å²) in [5, 5.41) is 10.7. The molecule has 0 radical (unpaired) electrons. The van der Waals surface area contributed by atoms with Gasteiger partial charge < -0.3 is 28.8 Å². The average molecular weight is 582 g/mol. The highest BCUT2D eigenvalue weighted by atomic mass is 16.7. The quantitative estimate of drug-likeness (QED) is 0.366. The third kappa shape index (κ3) is 6.34. The molecule has 3 aliphatic rings. The van der Waals surface area contributed by atoms with E-state index in [1.54, 1.807) is 0 Å². The summed E-state index contributed by atoms with van der Waals surface area (Å²) >= 11 is 0. The molecule has 2 saturated heterocycles. The maximum absolute atomic E-state index is 13.6. The minimum absolute atomic E-state index is 0.0849. The standard InChI is InChI=1S/C33H43NO8/c1-32(2,42-29-17-9-11-19-40-29)21-38-22-33(30(35)36,28-16-8-10-18-39-28)34(3)31(37)41-20-27-25-14-6-4-12-23(25)24-13-5-7-15-26(24)27/h4-7,12-15,27-29H,8-11,16-22H2,1-3H3,(H,35,36)/t28?,29?,33-/m1/s1. The fourth-order valence-electron chi connectivity index (χ4n) is 6.37. The van der Waals surface area contributed by atoms with Crippen molar-refractivity contribution in [3.05, 3.63) is 59.7 Å². The molecule has 0 saturated carbocycles. The molecule has 2 unspecified atom stereocenters. The van der Waals surface area contributed by atoms with Crippen LogP contribution < -0.4 is 0 Å². The zero-order valence-electron chi connectivity index (χ0n) is 24.9. The maximum atomic E-state index is 13.6. The zero-order valence-corrected chi connectivity index (χ0v) is 24.9. The van der Waals surface area contributed by atoms with Crippen LogP contribution in [-0.4, -0.2) is 85.7 Å². The summed E-state index contributed by atoms with van der Waals surface area (Å²) in [5.74, 6) is -1.34. The van der Waals surface area contributed by atoms with E-state index < -0.39 is 29.3 Å². The normalized spacial score (nSPS) is 22.1. The monoisotopic (exact) mass is 581 g/mol. The Hall–Kier alpha value is -2.98. The first kappa shape index (κ1) is 30.5. The van der Waals surface area contributed by atoms with Gasteiger partial charge in [-0.05, 0) is 74.6 Å². The Labute approximate surface area is 248 Å². The van der Waals surface area contributed by atoms with E-state index in [1.165, 1.54) is 7.05 Å². The van der Waals surface area contributed by atoms with Gasteiger partial charge in [-0.3, -0.25) is 4.90 Å². The summed E-state index contributed by atoms with van der Waals surface area (Å²) in [7, 11) is 1.46. The van der Waals surface area contributed by atoms with E-state index in [1.807, 2.05) is 50.2 Å². The maximum Gasteiger partial charge on any atom is 0.410 e. The van der Waals surface area contributed by atoms with Crippen LogP contribution in [0.15, 0.2) is 48.5 Å². The molecule has 2 aromatic carbocycles. The number of carbonyl (C=O) groups is 2. The number of carboxylic acid groups (broad SMARTS) is 1. The van der Waals surface area contributed by atoms with Crippen LogP contribution in [0.1, 0.15) is 69.4 Å². The fraction of sp³-hybridized carbons (Fsp3) is 0.576. The summed E-state index contributed by atoms with van der Waals surface area (Å²) in [5.41, 5.74) is 1.91. The first-order valence-electron chi connectivity index (χ1n) is 15.0. The molecule has 42 heavy (non-hydrogen) atoms. The molecule has 2 fully saturated rings. The number of amides is 1. The molecular formula is C33H43NO8. The van der Waals surface area contributed by atoms with Gasteiger partial charge in [-0.25, -0.2) is 9.59 Å². The molecule has 228 valence electrons. The number of benzene rings is 2. The van der Waals surface area contributed by atoms with Crippen molar-refractivity contribution >= 4 is 12.1 Å². The van der Waals surface area contributed by atoms with Crippen molar-refractivity contribution in [2.24, 2.45) is 0 Å². The van der Waals surface area contributed by atoms with E-state index in [-0.39, 0.29) is 32.0 Å². The molecule has 0 aromatic heterocycles. The van der Waals surface area contributed by atoms with E-state index in [4.69, 9.17) is 23.7 Å². The number of fused-ring (bicyclic) bond motifs is 3. The van der Waals surface area contributed by atoms with Crippen LogP contribution in [0.3, 0.4) is 0 Å². The number of carboxylic acids is 1. The topological polar surface area (TPSA) is 104 Å². The minimum atomic E-state index is -1.78. The summed E-state index contributed by atoms with van der Waals surface area (Å²) in [6.07, 6.45) is 3.19. The van der Waals surface area contributed by atoms with Gasteiger partial charge in [-0.15, -0.1) is 0 Å². The molecule has 2 aromatic rings. The van der Waals surface area contributed by atoms with Gasteiger partial charge in [0.1, 0.15) is 6.61 Å². The molecule has 9 heteroatoms. The number of hydrogen-bond acceptors (Lipinski definition) is 7. The first-order valence-corrected chi connectivity index (χ1v) is 15.0. The Morgan fingerprint density at radius 3 is 2.10 bits per heavy atom. The van der Waals surface area contributed by atoms with E-state index >= 15 is 0 Å². The number of rotatable bonds is 11. The average Bonchev–Trinajstić information content (AvgIpc) is 3.32. The van der Waals surface area contributed by atoms with Crippen molar-refractivity contribution in [3.63, 3.8) is 0 Å². The minimum Gasteiger partial charge on any atom is -0.479 e. The SMILES string of the molecule is CN(C(=O)OCC1c2ccccc2-c2ccccc21)[C@@](COCC(C)(C)OC1CCCCO1)(C(=O)O)C1CCCCO1. The lowest BCUT2D eigenvalue weighted by molar-refractivity contribution is -0.231. The molecule has 5 rings (SSSR count). The summed E-state index contributed by atoms with van der Waals surface area (Å²) in [6.45, 7) is 4.79. The Bertz CT molecular complexity index is 1190. The van der Waals surface area contributed by atoms with Crippen LogP contribution in [0.2, 0.25) is 0 Å². The number of aliphatic carboxylic acids is 1. The van der Waals surface area contributed by atoms with Gasteiger partial charge in [0.25, 0.3) is 0 Å². The lowest BCUT2D eigenvalue weighted by Gasteiger charge is -2.44. The third-order valence-corrected chi connectivity index (χ3v) is 8.65. The van der Waals surface area contributed by atoms with Crippen LogP contribution in [0.5, 0.6) is 0 Å². The van der Waals surface area contributed by atoms with Crippen molar-refractivity contribution in [1.82, 2.24) is 4.90 Å². The van der Waals surface area contributed by atoms with Gasteiger partial charge in [-0.1, -0.05) is 48.5 Å². The van der Waals surface area contributed by atoms with E-state index in [0.717, 1.165) is 59.3 Å². The number of nitrogens with zero attached hydrogens (tertiary/aromatic N) is 1. The van der Waals surface area contributed by atoms with Crippen LogP contribution >= 0.6 is 0 Å². The van der Waals surface area contributed by atoms with E-state index in [2.05, 4.69) is 12.1 Å². The van der Waals surface area contributed by atoms with Gasteiger partial charge in [0.15, 0.2) is 11.8 Å². The Balaban J connectivity index is 1.30. The van der Waals surface area contributed by atoms with Crippen LogP contribution in [0.4, 0.5) is 4.79 Å². The van der Waals surface area contributed by atoms with Crippen LogP contribution in [0, 0.1) is 0 Å². The highest BCUT2D eigenvalue weighted by Gasteiger charge is 2.54. The van der Waals surface area contributed by atoms with Crippen molar-refractivity contribution in [2.45, 2.75) is 81.8 Å². The third-order valence-electron chi connectivity index (χ3n) is 8.65. The largest absolute Gasteiger partial charge is 0.479 e. The molecular weight excluding hydrogens is 538 g/mol. The number of ether oxygens (including phenoxy) is 5. The highest BCUT2D eigenvalue weighted by molar-refractivity contribution is 5.85. The summed E-state index contributed by atoms with van der Waals surface area (Å²) in [6, 6.07) is 16.2. The van der Waals surface area contributed by atoms with Gasteiger partial charge in [0.05, 0.1) is 24.9 Å². The second kappa shape index (κ2) is 13.1. The zero-order chi connectivity index (χ0) is 29.7. The number of likely N-dealkylation sites (N-methyl/N-ethyl adjacent to an activating group) is 1. The fourth-order valence-corrected chi connectivity index (χ4v) is 6.37. The lowest BCUT2D eigenvalue weighted by Crippen LogP contribution is -2.66. The molecule has 1 aliphatic carbocycles. The van der Waals surface area contributed by atoms with E-state index in [0.29, 0.717) is 19.6 Å². The molecule has 1 N–H and O–H groups in total. The van der Waals surface area contributed by atoms with Crippen molar-refractivity contribution < 1.29 is 38.4 Å². The Morgan fingerprint density at radius 1 is 0.905 bits per heavy atom. The first-order chi connectivity index (χ1) is 20.2. The summed E-state index contributed by atoms with van der Waals surface area (Å²) < 4.78 is 29.8. The second-order valence-corrected chi connectivity index (χ2v) is 12.1. The predicted octanol–water partition coefficient (Wildman–Crippen LogP) is 5.60. The van der Waals surface area contributed by atoms with Crippen molar-refractivity contribution in [3.8, 4) is 11.1 Å². The molecule has 9 nitrogen and oxygen atoms in total. The van der Waals surface area contributed by atoms with Gasteiger partial charge in [0.2, 0.25) is 0 Å². The summed E-state index contributed by atoms with van der Waals surface area (Å²) in [4.78, 5) is 27.9. The van der Waals surface area contributed by atoms with Crippen LogP contribution in [0.25, 0.3) is 11.1 Å². The molecule has 2 heterocycles. The van der Waals surface area contributed by atoms with Crippen molar-refractivity contribution in [2.75, 3.05) is 40.1 Å². The van der Waals surface area contributed by atoms with Crippen LogP contribution in [-0.2, 0) is 28.5 Å². The van der Waals surface area contributed by atoms with Gasteiger partial charge >= 0.3 is 12.1 Å².